The van der Waals surface area contributed by atoms with E-state index in [9.17, 15) is 4.79 Å². The van der Waals surface area contributed by atoms with E-state index < -0.39 is 5.97 Å². The molecule has 1 rings (SSSR count). The topological polar surface area (TPSA) is 57.5 Å². The Morgan fingerprint density at radius 3 is 2.38 bits per heavy atom. The highest BCUT2D eigenvalue weighted by atomic mass is 16.4. The third-order valence-electron chi connectivity index (χ3n) is 2.08. The van der Waals surface area contributed by atoms with Gasteiger partial charge in [-0.15, -0.1) is 0 Å². The Bertz CT molecular complexity index is 342. The van der Waals surface area contributed by atoms with Gasteiger partial charge in [-0.05, 0) is 36.6 Å². The van der Waals surface area contributed by atoms with Gasteiger partial charge in [-0.2, -0.15) is 0 Å². The molecule has 0 aromatic heterocycles. The highest BCUT2D eigenvalue weighted by Gasteiger charge is 2.09. The molecular formula is C10H12O3. The number of hydrogen-bond donors (Lipinski definition) is 2. The molecule has 3 heteroatoms. The van der Waals surface area contributed by atoms with Crippen LogP contribution < -0.4 is 0 Å². The molecule has 70 valence electrons. The summed E-state index contributed by atoms with van der Waals surface area (Å²) < 4.78 is 0. The van der Waals surface area contributed by atoms with Crippen LogP contribution in [0.3, 0.4) is 0 Å². The van der Waals surface area contributed by atoms with E-state index in [0.29, 0.717) is 11.1 Å². The number of aliphatic hydroxyl groups excluding tert-OH is 1. The molecule has 1 aromatic carbocycles. The lowest BCUT2D eigenvalue weighted by Crippen LogP contribution is -2.02. The van der Waals surface area contributed by atoms with E-state index in [1.807, 2.05) is 0 Å². The van der Waals surface area contributed by atoms with Crippen molar-refractivity contribution >= 4 is 5.97 Å². The Balaban J connectivity index is 3.28. The fourth-order valence-electron chi connectivity index (χ4n) is 1.28. The molecule has 1 aromatic rings. The SMILES string of the molecule is Cc1cc(C(=O)O)c(C)cc1CO. The van der Waals surface area contributed by atoms with Crippen LogP contribution in [0.4, 0.5) is 0 Å². The molecule has 2 N–H and O–H groups in total. The Morgan fingerprint density at radius 2 is 1.92 bits per heavy atom. The second-order valence-corrected chi connectivity index (χ2v) is 3.06. The predicted molar refractivity (Wildman–Crippen MR) is 48.8 cm³/mol. The molecule has 0 saturated carbocycles. The molecule has 13 heavy (non-hydrogen) atoms. The number of hydrogen-bond acceptors (Lipinski definition) is 2. The standard InChI is InChI=1S/C10H12O3/c1-6-4-9(10(12)13)7(2)3-8(6)5-11/h3-4,11H,5H2,1-2H3,(H,12,13). The molecule has 0 spiro atoms. The zero-order chi connectivity index (χ0) is 10.0. The van der Waals surface area contributed by atoms with E-state index in [1.54, 1.807) is 26.0 Å². The molecule has 0 bridgehead atoms. The normalized spacial score (nSPS) is 10.1. The average molecular weight is 180 g/mol. The van der Waals surface area contributed by atoms with Crippen molar-refractivity contribution in [2.75, 3.05) is 0 Å². The van der Waals surface area contributed by atoms with Crippen molar-refractivity contribution in [3.8, 4) is 0 Å². The minimum absolute atomic E-state index is 0.0490. The van der Waals surface area contributed by atoms with Crippen molar-refractivity contribution in [2.24, 2.45) is 0 Å². The van der Waals surface area contributed by atoms with Gasteiger partial charge in [0.2, 0.25) is 0 Å². The lowest BCUT2D eigenvalue weighted by molar-refractivity contribution is 0.0696. The van der Waals surface area contributed by atoms with Crippen LogP contribution in [0.1, 0.15) is 27.0 Å². The first-order valence-electron chi connectivity index (χ1n) is 4.00. The maximum Gasteiger partial charge on any atom is 0.335 e. The summed E-state index contributed by atoms with van der Waals surface area (Å²) in [5, 5.41) is 17.7. The number of aromatic carboxylic acids is 1. The van der Waals surface area contributed by atoms with Crippen molar-refractivity contribution in [2.45, 2.75) is 20.5 Å². The van der Waals surface area contributed by atoms with Gasteiger partial charge >= 0.3 is 5.97 Å². The number of benzene rings is 1. The number of carboxylic acid groups (broad SMARTS) is 1. The Kier molecular flexibility index (Phi) is 2.68. The maximum absolute atomic E-state index is 10.7. The molecule has 0 amide bonds. The van der Waals surface area contributed by atoms with E-state index in [2.05, 4.69) is 0 Å². The van der Waals surface area contributed by atoms with E-state index in [1.165, 1.54) is 0 Å². The lowest BCUT2D eigenvalue weighted by atomic mass is 10.0. The fraction of sp³-hybridized carbons (Fsp3) is 0.300. The molecular weight excluding hydrogens is 168 g/mol. The Labute approximate surface area is 76.6 Å². The molecule has 0 atom stereocenters. The second kappa shape index (κ2) is 3.58. The Morgan fingerprint density at radius 1 is 1.31 bits per heavy atom. The van der Waals surface area contributed by atoms with Gasteiger partial charge in [-0.3, -0.25) is 0 Å². The minimum atomic E-state index is -0.926. The maximum atomic E-state index is 10.7. The van der Waals surface area contributed by atoms with E-state index in [4.69, 9.17) is 10.2 Å². The van der Waals surface area contributed by atoms with Crippen LogP contribution in [0.25, 0.3) is 0 Å². The smallest absolute Gasteiger partial charge is 0.335 e. The number of carboxylic acids is 1. The molecule has 0 unspecified atom stereocenters. The third kappa shape index (κ3) is 1.87. The van der Waals surface area contributed by atoms with Crippen molar-refractivity contribution in [3.05, 3.63) is 34.4 Å². The first kappa shape index (κ1) is 9.74. The molecule has 0 aliphatic carbocycles. The number of aryl methyl sites for hydroxylation is 2. The zero-order valence-electron chi connectivity index (χ0n) is 7.66. The van der Waals surface area contributed by atoms with Crippen LogP contribution in [0.2, 0.25) is 0 Å². The van der Waals surface area contributed by atoms with Crippen LogP contribution >= 0.6 is 0 Å². The summed E-state index contributed by atoms with van der Waals surface area (Å²) in [7, 11) is 0. The monoisotopic (exact) mass is 180 g/mol. The minimum Gasteiger partial charge on any atom is -0.478 e. The summed E-state index contributed by atoms with van der Waals surface area (Å²) in [6.45, 7) is 3.46. The number of aliphatic hydroxyl groups is 1. The van der Waals surface area contributed by atoms with E-state index in [-0.39, 0.29) is 6.61 Å². The van der Waals surface area contributed by atoms with E-state index >= 15 is 0 Å². The number of carbonyl (C=O) groups is 1. The van der Waals surface area contributed by atoms with Crippen LogP contribution in [0, 0.1) is 13.8 Å². The predicted octanol–water partition coefficient (Wildman–Crippen LogP) is 1.49. The summed E-state index contributed by atoms with van der Waals surface area (Å²) in [5.74, 6) is -0.926. The fourth-order valence-corrected chi connectivity index (χ4v) is 1.28. The van der Waals surface area contributed by atoms with Crippen LogP contribution in [-0.2, 0) is 6.61 Å². The van der Waals surface area contributed by atoms with Crippen LogP contribution in [0.5, 0.6) is 0 Å². The van der Waals surface area contributed by atoms with Gasteiger partial charge < -0.3 is 10.2 Å². The quantitative estimate of drug-likeness (QED) is 0.725. The third-order valence-corrected chi connectivity index (χ3v) is 2.08. The molecule has 0 heterocycles. The largest absolute Gasteiger partial charge is 0.478 e. The van der Waals surface area contributed by atoms with Crippen molar-refractivity contribution < 1.29 is 15.0 Å². The summed E-state index contributed by atoms with van der Waals surface area (Å²) in [6, 6.07) is 3.29. The molecule has 0 aliphatic heterocycles. The van der Waals surface area contributed by atoms with E-state index in [0.717, 1.165) is 11.1 Å². The first-order chi connectivity index (χ1) is 6.06. The molecule has 3 nitrogen and oxygen atoms in total. The molecule has 0 aliphatic rings. The molecule has 0 radical (unpaired) electrons. The highest BCUT2D eigenvalue weighted by molar-refractivity contribution is 5.89. The lowest BCUT2D eigenvalue weighted by Gasteiger charge is -2.06. The summed E-state index contributed by atoms with van der Waals surface area (Å²) in [6.07, 6.45) is 0. The number of rotatable bonds is 2. The van der Waals surface area contributed by atoms with Gasteiger partial charge in [-0.1, -0.05) is 6.07 Å². The van der Waals surface area contributed by atoms with Crippen molar-refractivity contribution in [1.82, 2.24) is 0 Å². The Hall–Kier alpha value is -1.35. The van der Waals surface area contributed by atoms with Gasteiger partial charge in [0.15, 0.2) is 0 Å². The van der Waals surface area contributed by atoms with Gasteiger partial charge in [0.25, 0.3) is 0 Å². The van der Waals surface area contributed by atoms with Gasteiger partial charge in [0.1, 0.15) is 0 Å². The van der Waals surface area contributed by atoms with Crippen LogP contribution in [-0.4, -0.2) is 16.2 Å². The molecule has 0 saturated heterocycles. The molecule has 0 fully saturated rings. The zero-order valence-corrected chi connectivity index (χ0v) is 7.66. The summed E-state index contributed by atoms with van der Waals surface area (Å²) in [5.41, 5.74) is 2.57. The average Bonchev–Trinajstić information content (AvgIpc) is 2.07. The first-order valence-corrected chi connectivity index (χ1v) is 4.00. The van der Waals surface area contributed by atoms with Gasteiger partial charge in [0.05, 0.1) is 12.2 Å². The van der Waals surface area contributed by atoms with Gasteiger partial charge in [-0.25, -0.2) is 4.79 Å². The van der Waals surface area contributed by atoms with Crippen LogP contribution in [0.15, 0.2) is 12.1 Å². The second-order valence-electron chi connectivity index (χ2n) is 3.06. The van der Waals surface area contributed by atoms with Gasteiger partial charge in [0, 0.05) is 0 Å². The van der Waals surface area contributed by atoms with Crippen molar-refractivity contribution in [3.63, 3.8) is 0 Å². The summed E-state index contributed by atoms with van der Waals surface area (Å²) >= 11 is 0. The summed E-state index contributed by atoms with van der Waals surface area (Å²) in [4.78, 5) is 10.7. The highest BCUT2D eigenvalue weighted by Crippen LogP contribution is 2.15. The van der Waals surface area contributed by atoms with Crippen molar-refractivity contribution in [1.29, 1.82) is 0 Å².